The molecule has 1 aliphatic rings. The maximum atomic E-state index is 11.1. The number of hydrogen-bond acceptors (Lipinski definition) is 2. The third-order valence-electron chi connectivity index (χ3n) is 3.14. The van der Waals surface area contributed by atoms with E-state index in [2.05, 4.69) is 26.8 Å². The Bertz CT molecular complexity index is 253. The lowest BCUT2D eigenvalue weighted by Crippen LogP contribution is -2.41. The summed E-state index contributed by atoms with van der Waals surface area (Å²) in [5, 5.41) is 0. The van der Waals surface area contributed by atoms with E-state index in [1.54, 1.807) is 0 Å². The first-order chi connectivity index (χ1) is 6.46. The SMILES string of the molecule is CC(=O)O[C@]1(C(C)C)CC=C(C)CC1. The van der Waals surface area contributed by atoms with Crippen LogP contribution in [0.15, 0.2) is 11.6 Å². The van der Waals surface area contributed by atoms with Gasteiger partial charge in [-0.3, -0.25) is 4.79 Å². The summed E-state index contributed by atoms with van der Waals surface area (Å²) in [5.74, 6) is 0.224. The summed E-state index contributed by atoms with van der Waals surface area (Å²) in [6.45, 7) is 7.88. The van der Waals surface area contributed by atoms with Crippen LogP contribution in [0.5, 0.6) is 0 Å². The molecule has 1 rings (SSSR count). The highest BCUT2D eigenvalue weighted by atomic mass is 16.6. The first-order valence-corrected chi connectivity index (χ1v) is 5.31. The summed E-state index contributed by atoms with van der Waals surface area (Å²) in [4.78, 5) is 11.1. The molecule has 14 heavy (non-hydrogen) atoms. The Morgan fingerprint density at radius 1 is 1.57 bits per heavy atom. The van der Waals surface area contributed by atoms with Crippen LogP contribution in [-0.4, -0.2) is 11.6 Å². The van der Waals surface area contributed by atoms with Crippen molar-refractivity contribution in [2.45, 2.75) is 52.6 Å². The lowest BCUT2D eigenvalue weighted by Gasteiger charge is -2.38. The van der Waals surface area contributed by atoms with Gasteiger partial charge in [-0.1, -0.05) is 25.5 Å². The van der Waals surface area contributed by atoms with E-state index in [1.165, 1.54) is 12.5 Å². The highest BCUT2D eigenvalue weighted by molar-refractivity contribution is 5.66. The van der Waals surface area contributed by atoms with Gasteiger partial charge in [0.25, 0.3) is 0 Å². The Morgan fingerprint density at radius 3 is 2.57 bits per heavy atom. The third-order valence-corrected chi connectivity index (χ3v) is 3.14. The van der Waals surface area contributed by atoms with E-state index in [0.29, 0.717) is 5.92 Å². The number of hydrogen-bond donors (Lipinski definition) is 0. The Labute approximate surface area is 86.3 Å². The van der Waals surface area contributed by atoms with Crippen molar-refractivity contribution in [3.8, 4) is 0 Å². The zero-order valence-electron chi connectivity index (χ0n) is 9.59. The molecular formula is C12H20O2. The number of rotatable bonds is 2. The van der Waals surface area contributed by atoms with Crippen molar-refractivity contribution in [3.05, 3.63) is 11.6 Å². The highest BCUT2D eigenvalue weighted by Gasteiger charge is 2.37. The van der Waals surface area contributed by atoms with E-state index in [1.807, 2.05) is 0 Å². The quantitative estimate of drug-likeness (QED) is 0.501. The zero-order chi connectivity index (χ0) is 10.8. The van der Waals surface area contributed by atoms with Crippen LogP contribution in [0, 0.1) is 5.92 Å². The Morgan fingerprint density at radius 2 is 2.21 bits per heavy atom. The van der Waals surface area contributed by atoms with Gasteiger partial charge in [-0.25, -0.2) is 0 Å². The Hall–Kier alpha value is -0.790. The van der Waals surface area contributed by atoms with Gasteiger partial charge in [0.2, 0.25) is 0 Å². The summed E-state index contributed by atoms with van der Waals surface area (Å²) in [6, 6.07) is 0. The van der Waals surface area contributed by atoms with Crippen LogP contribution in [-0.2, 0) is 9.53 Å². The van der Waals surface area contributed by atoms with Gasteiger partial charge in [0, 0.05) is 13.3 Å². The topological polar surface area (TPSA) is 26.3 Å². The maximum absolute atomic E-state index is 11.1. The van der Waals surface area contributed by atoms with E-state index in [4.69, 9.17) is 4.74 Å². The van der Waals surface area contributed by atoms with Crippen LogP contribution in [0.4, 0.5) is 0 Å². The number of carbonyl (C=O) groups is 1. The molecular weight excluding hydrogens is 176 g/mol. The lowest BCUT2D eigenvalue weighted by molar-refractivity contribution is -0.163. The molecule has 0 aromatic heterocycles. The molecule has 80 valence electrons. The second-order valence-electron chi connectivity index (χ2n) is 4.57. The van der Waals surface area contributed by atoms with Gasteiger partial charge in [0.15, 0.2) is 0 Å². The minimum atomic E-state index is -0.245. The molecule has 2 heteroatoms. The minimum Gasteiger partial charge on any atom is -0.459 e. The largest absolute Gasteiger partial charge is 0.459 e. The van der Waals surface area contributed by atoms with Crippen LogP contribution in [0.1, 0.15) is 47.0 Å². The van der Waals surface area contributed by atoms with Gasteiger partial charge >= 0.3 is 5.97 Å². The lowest BCUT2D eigenvalue weighted by atomic mass is 9.78. The molecule has 0 saturated heterocycles. The average molecular weight is 196 g/mol. The highest BCUT2D eigenvalue weighted by Crippen LogP contribution is 2.36. The van der Waals surface area contributed by atoms with Crippen molar-refractivity contribution >= 4 is 5.97 Å². The molecule has 0 aromatic carbocycles. The number of ether oxygens (including phenoxy) is 1. The van der Waals surface area contributed by atoms with Gasteiger partial charge in [0.1, 0.15) is 5.60 Å². The van der Waals surface area contributed by atoms with Crippen LogP contribution in [0.3, 0.4) is 0 Å². The summed E-state index contributed by atoms with van der Waals surface area (Å²) >= 11 is 0. The maximum Gasteiger partial charge on any atom is 0.303 e. The van der Waals surface area contributed by atoms with Crippen molar-refractivity contribution < 1.29 is 9.53 Å². The standard InChI is InChI=1S/C12H20O2/c1-9(2)12(14-11(4)13)7-5-10(3)6-8-12/h5,9H,6-8H2,1-4H3/t12-/m1/s1. The molecule has 1 atom stereocenters. The Balaban J connectivity index is 2.79. The first kappa shape index (κ1) is 11.3. The number of carbonyl (C=O) groups excluding carboxylic acids is 1. The van der Waals surface area contributed by atoms with E-state index in [-0.39, 0.29) is 11.6 Å². The smallest absolute Gasteiger partial charge is 0.303 e. The molecule has 0 saturated carbocycles. The molecule has 0 amide bonds. The molecule has 0 heterocycles. The molecule has 2 nitrogen and oxygen atoms in total. The van der Waals surface area contributed by atoms with E-state index >= 15 is 0 Å². The van der Waals surface area contributed by atoms with Gasteiger partial charge in [-0.2, -0.15) is 0 Å². The number of allylic oxidation sites excluding steroid dienone is 1. The normalized spacial score (nSPS) is 27.4. The fraction of sp³-hybridized carbons (Fsp3) is 0.750. The van der Waals surface area contributed by atoms with Gasteiger partial charge in [0.05, 0.1) is 0 Å². The van der Waals surface area contributed by atoms with Gasteiger partial charge < -0.3 is 4.74 Å². The predicted octanol–water partition coefficient (Wildman–Crippen LogP) is 3.07. The second-order valence-corrected chi connectivity index (χ2v) is 4.57. The first-order valence-electron chi connectivity index (χ1n) is 5.31. The fourth-order valence-corrected chi connectivity index (χ4v) is 1.98. The molecule has 0 bridgehead atoms. The molecule has 0 radical (unpaired) electrons. The van der Waals surface area contributed by atoms with Gasteiger partial charge in [-0.05, 0) is 25.7 Å². The average Bonchev–Trinajstić information content (AvgIpc) is 2.08. The van der Waals surface area contributed by atoms with E-state index < -0.39 is 0 Å². The third kappa shape index (κ3) is 2.37. The Kier molecular flexibility index (Phi) is 3.35. The monoisotopic (exact) mass is 196 g/mol. The van der Waals surface area contributed by atoms with Crippen molar-refractivity contribution in [2.75, 3.05) is 0 Å². The van der Waals surface area contributed by atoms with E-state index in [9.17, 15) is 4.79 Å². The second kappa shape index (κ2) is 4.16. The van der Waals surface area contributed by atoms with Crippen molar-refractivity contribution in [1.29, 1.82) is 0 Å². The molecule has 0 aromatic rings. The summed E-state index contributed by atoms with van der Waals surface area (Å²) in [7, 11) is 0. The summed E-state index contributed by atoms with van der Waals surface area (Å²) in [6.07, 6.45) is 5.08. The number of esters is 1. The molecule has 0 aliphatic heterocycles. The predicted molar refractivity (Wildman–Crippen MR) is 56.9 cm³/mol. The minimum absolute atomic E-state index is 0.161. The van der Waals surface area contributed by atoms with E-state index in [0.717, 1.165) is 19.3 Å². The molecule has 0 N–H and O–H groups in total. The molecule has 1 aliphatic carbocycles. The van der Waals surface area contributed by atoms with Crippen LogP contribution in [0.2, 0.25) is 0 Å². The summed E-state index contributed by atoms with van der Waals surface area (Å²) in [5.41, 5.74) is 1.17. The fourth-order valence-electron chi connectivity index (χ4n) is 1.98. The zero-order valence-corrected chi connectivity index (χ0v) is 9.59. The van der Waals surface area contributed by atoms with Crippen LogP contribution >= 0.6 is 0 Å². The van der Waals surface area contributed by atoms with Crippen molar-refractivity contribution in [3.63, 3.8) is 0 Å². The van der Waals surface area contributed by atoms with Crippen molar-refractivity contribution in [1.82, 2.24) is 0 Å². The van der Waals surface area contributed by atoms with Gasteiger partial charge in [-0.15, -0.1) is 0 Å². The van der Waals surface area contributed by atoms with Crippen LogP contribution < -0.4 is 0 Å². The molecule has 0 spiro atoms. The molecule has 0 fully saturated rings. The summed E-state index contributed by atoms with van der Waals surface area (Å²) < 4.78 is 5.51. The van der Waals surface area contributed by atoms with Crippen LogP contribution in [0.25, 0.3) is 0 Å². The van der Waals surface area contributed by atoms with Crippen molar-refractivity contribution in [2.24, 2.45) is 5.92 Å². The molecule has 0 unspecified atom stereocenters.